The molecule has 0 bridgehead atoms. The lowest BCUT2D eigenvalue weighted by molar-refractivity contribution is -0.119. The van der Waals surface area contributed by atoms with Gasteiger partial charge in [-0.1, -0.05) is 54.6 Å². The van der Waals surface area contributed by atoms with Crippen molar-refractivity contribution in [1.82, 2.24) is 5.32 Å². The third-order valence-electron chi connectivity index (χ3n) is 5.15. The van der Waals surface area contributed by atoms with Crippen LogP contribution < -0.4 is 15.8 Å². The van der Waals surface area contributed by atoms with E-state index in [9.17, 15) is 9.18 Å². The monoisotopic (exact) mass is 406 g/mol. The van der Waals surface area contributed by atoms with Gasteiger partial charge in [0.25, 0.3) is 0 Å². The Morgan fingerprint density at radius 2 is 1.73 bits per heavy atom. The van der Waals surface area contributed by atoms with Crippen molar-refractivity contribution in [2.45, 2.75) is 39.5 Å². The molecule has 0 saturated heterocycles. The van der Waals surface area contributed by atoms with Gasteiger partial charge in [0.1, 0.15) is 18.2 Å². The second-order valence-electron chi connectivity index (χ2n) is 7.43. The number of carbonyl (C=O) groups excluding carboxylic acids is 1. The average Bonchev–Trinajstić information content (AvgIpc) is 2.74. The maximum atomic E-state index is 14.0. The lowest BCUT2D eigenvalue weighted by Gasteiger charge is -2.16. The molecule has 0 heterocycles. The Bertz CT molecular complexity index is 1020. The van der Waals surface area contributed by atoms with Gasteiger partial charge in [-0.25, -0.2) is 4.39 Å². The lowest BCUT2D eigenvalue weighted by atomic mass is 9.98. The molecule has 0 unspecified atom stereocenters. The smallest absolute Gasteiger partial charge is 0.234 e. The fourth-order valence-corrected chi connectivity index (χ4v) is 3.18. The molecule has 1 atom stereocenters. The number of rotatable bonds is 9. The van der Waals surface area contributed by atoms with Crippen molar-refractivity contribution in [2.75, 3.05) is 0 Å². The molecule has 3 N–H and O–H groups in total. The van der Waals surface area contributed by atoms with E-state index >= 15 is 0 Å². The number of nitrogens with two attached hydrogens (primary N) is 1. The minimum atomic E-state index is -0.415. The van der Waals surface area contributed by atoms with Gasteiger partial charge in [-0.3, -0.25) is 4.79 Å². The van der Waals surface area contributed by atoms with Crippen LogP contribution in [-0.4, -0.2) is 11.9 Å². The summed E-state index contributed by atoms with van der Waals surface area (Å²) in [5.74, 6) is 0.0485. The molecule has 5 heteroatoms. The van der Waals surface area contributed by atoms with Crippen LogP contribution in [0, 0.1) is 12.7 Å². The summed E-state index contributed by atoms with van der Waals surface area (Å²) < 4.78 is 20.0. The first-order chi connectivity index (χ1) is 14.4. The number of aryl methyl sites for hydroxylation is 1. The predicted octanol–water partition coefficient (Wildman–Crippen LogP) is 4.27. The van der Waals surface area contributed by atoms with Crippen LogP contribution >= 0.6 is 0 Å². The zero-order valence-corrected chi connectivity index (χ0v) is 17.3. The fourth-order valence-electron chi connectivity index (χ4n) is 3.18. The quantitative estimate of drug-likeness (QED) is 0.558. The number of amides is 1. The highest BCUT2D eigenvalue weighted by Crippen LogP contribution is 2.26. The van der Waals surface area contributed by atoms with Crippen molar-refractivity contribution in [3.8, 4) is 5.75 Å². The van der Waals surface area contributed by atoms with Gasteiger partial charge >= 0.3 is 0 Å². The van der Waals surface area contributed by atoms with Crippen LogP contribution in [0.2, 0.25) is 0 Å². The van der Waals surface area contributed by atoms with Crippen LogP contribution in [0.1, 0.15) is 34.7 Å². The number of benzene rings is 3. The normalized spacial score (nSPS) is 11.8. The molecule has 0 saturated carbocycles. The molecule has 156 valence electrons. The Hall–Kier alpha value is -3.18. The highest BCUT2D eigenvalue weighted by atomic mass is 19.1. The van der Waals surface area contributed by atoms with Crippen LogP contribution in [-0.2, 0) is 24.4 Å². The number of ether oxygens (including phenoxy) is 1. The van der Waals surface area contributed by atoms with Crippen LogP contribution in [0.5, 0.6) is 5.75 Å². The summed E-state index contributed by atoms with van der Waals surface area (Å²) in [7, 11) is 0. The zero-order chi connectivity index (χ0) is 21.5. The Morgan fingerprint density at radius 3 is 2.43 bits per heavy atom. The summed E-state index contributed by atoms with van der Waals surface area (Å²) in [6, 6.07) is 20.3. The first-order valence-electron chi connectivity index (χ1n) is 9.99. The summed E-state index contributed by atoms with van der Waals surface area (Å²) in [5, 5.41) is 3.12. The highest BCUT2D eigenvalue weighted by molar-refractivity contribution is 5.79. The number of halogens is 1. The van der Waals surface area contributed by atoms with Crippen molar-refractivity contribution >= 4 is 5.91 Å². The van der Waals surface area contributed by atoms with Crippen LogP contribution in [0.4, 0.5) is 4.39 Å². The first kappa shape index (κ1) is 21.5. The maximum absolute atomic E-state index is 14.0. The molecule has 0 spiro atoms. The summed E-state index contributed by atoms with van der Waals surface area (Å²) in [5.41, 5.74) is 10.3. The van der Waals surface area contributed by atoms with E-state index in [1.807, 2.05) is 24.3 Å². The number of carbonyl (C=O) groups is 1. The summed E-state index contributed by atoms with van der Waals surface area (Å²) in [4.78, 5) is 11.3. The van der Waals surface area contributed by atoms with Gasteiger partial charge < -0.3 is 15.8 Å². The Kier molecular flexibility index (Phi) is 7.20. The molecule has 3 rings (SSSR count). The third-order valence-corrected chi connectivity index (χ3v) is 5.15. The van der Waals surface area contributed by atoms with E-state index in [2.05, 4.69) is 30.4 Å². The molecule has 30 heavy (non-hydrogen) atoms. The van der Waals surface area contributed by atoms with E-state index in [0.29, 0.717) is 24.3 Å². The minimum absolute atomic E-state index is 0.156. The maximum Gasteiger partial charge on any atom is 0.234 e. The van der Waals surface area contributed by atoms with E-state index in [1.165, 1.54) is 17.2 Å². The largest absolute Gasteiger partial charge is 0.489 e. The van der Waals surface area contributed by atoms with Crippen LogP contribution in [0.15, 0.2) is 66.7 Å². The van der Waals surface area contributed by atoms with E-state index in [-0.39, 0.29) is 18.3 Å². The van der Waals surface area contributed by atoms with Crippen molar-refractivity contribution in [3.05, 3.63) is 100 Å². The number of hydrogen-bond donors (Lipinski definition) is 2. The SMILES string of the molecule is Cc1ccccc1Cc1cc(CN[C@@H](C)C(N)=O)ccc1OCc1ccccc1F. The zero-order valence-electron chi connectivity index (χ0n) is 17.3. The third kappa shape index (κ3) is 5.67. The highest BCUT2D eigenvalue weighted by Gasteiger charge is 2.12. The summed E-state index contributed by atoms with van der Waals surface area (Å²) in [6.07, 6.45) is 0.693. The average molecular weight is 407 g/mol. The van der Waals surface area contributed by atoms with Gasteiger partial charge in [0.05, 0.1) is 6.04 Å². The van der Waals surface area contributed by atoms with E-state index in [1.54, 1.807) is 25.1 Å². The van der Waals surface area contributed by atoms with Crippen LogP contribution in [0.25, 0.3) is 0 Å². The van der Waals surface area contributed by atoms with Gasteiger partial charge in [-0.2, -0.15) is 0 Å². The Morgan fingerprint density at radius 1 is 1.03 bits per heavy atom. The van der Waals surface area contributed by atoms with Crippen LogP contribution in [0.3, 0.4) is 0 Å². The van der Waals surface area contributed by atoms with Gasteiger partial charge in [0, 0.05) is 18.5 Å². The molecular formula is C25H27FN2O2. The van der Waals surface area contributed by atoms with E-state index in [4.69, 9.17) is 10.5 Å². The first-order valence-corrected chi connectivity index (χ1v) is 9.99. The molecule has 0 aliphatic heterocycles. The Balaban J connectivity index is 1.83. The number of hydrogen-bond acceptors (Lipinski definition) is 3. The molecule has 3 aromatic rings. The second kappa shape index (κ2) is 10.0. The molecule has 3 aromatic carbocycles. The van der Waals surface area contributed by atoms with Crippen molar-refractivity contribution < 1.29 is 13.9 Å². The van der Waals surface area contributed by atoms with E-state index in [0.717, 1.165) is 11.1 Å². The summed E-state index contributed by atoms with van der Waals surface area (Å²) >= 11 is 0. The standard InChI is InChI=1S/C25H27FN2O2/c1-17-7-3-4-8-20(17)14-22-13-19(15-28-18(2)25(27)29)11-12-24(22)30-16-21-9-5-6-10-23(21)26/h3-13,18,28H,14-16H2,1-2H3,(H2,27,29)/t18-/m0/s1. The van der Waals surface area contributed by atoms with Gasteiger partial charge in [-0.05, 0) is 48.2 Å². The second-order valence-corrected chi connectivity index (χ2v) is 7.43. The van der Waals surface area contributed by atoms with Crippen molar-refractivity contribution in [1.29, 1.82) is 0 Å². The van der Waals surface area contributed by atoms with Gasteiger partial charge in [0.2, 0.25) is 5.91 Å². The summed E-state index contributed by atoms with van der Waals surface area (Å²) in [6.45, 7) is 4.49. The lowest BCUT2D eigenvalue weighted by Crippen LogP contribution is -2.38. The fraction of sp³-hybridized carbons (Fsp3) is 0.240. The molecule has 0 aliphatic carbocycles. The van der Waals surface area contributed by atoms with Gasteiger partial charge in [-0.15, -0.1) is 0 Å². The number of primary amides is 1. The van der Waals surface area contributed by atoms with Gasteiger partial charge in [0.15, 0.2) is 0 Å². The molecule has 4 nitrogen and oxygen atoms in total. The van der Waals surface area contributed by atoms with Crippen molar-refractivity contribution in [2.24, 2.45) is 5.73 Å². The Labute approximate surface area is 176 Å². The molecule has 0 radical (unpaired) electrons. The van der Waals surface area contributed by atoms with Crippen molar-refractivity contribution in [3.63, 3.8) is 0 Å². The molecule has 1 amide bonds. The minimum Gasteiger partial charge on any atom is -0.489 e. The molecule has 0 aliphatic rings. The predicted molar refractivity (Wildman–Crippen MR) is 117 cm³/mol. The molecule has 0 fully saturated rings. The molecular weight excluding hydrogens is 379 g/mol. The van der Waals surface area contributed by atoms with E-state index < -0.39 is 6.04 Å². The molecule has 0 aromatic heterocycles. The topological polar surface area (TPSA) is 64.3 Å². The number of nitrogens with one attached hydrogen (secondary N) is 1.